The highest BCUT2D eigenvalue weighted by molar-refractivity contribution is 5.01. The molecule has 0 spiro atoms. The van der Waals surface area contributed by atoms with E-state index >= 15 is 0 Å². The molecule has 6 heterocycles. The smallest absolute Gasteiger partial charge is 0.105 e. The van der Waals surface area contributed by atoms with E-state index in [1.54, 1.807) is 34.6 Å². The van der Waals surface area contributed by atoms with Gasteiger partial charge in [-0.15, -0.1) is 25.5 Å². The van der Waals surface area contributed by atoms with Gasteiger partial charge < -0.3 is 30.6 Å². The van der Waals surface area contributed by atoms with Crippen LogP contribution in [-0.2, 0) is 65.4 Å². The first kappa shape index (κ1) is 45.3. The SMILES string of the molecule is OCCCn1cc(CN(Cc2cn(CCCO)nn2)Cc2cn(CC(CO)(CO)CN3CC(CN(Cc4cn(CCCO)nn4)Cc4cn(CCCO)nn4)N=N3)nn2)nn1. The highest BCUT2D eigenvalue weighted by Gasteiger charge is 2.35. The number of aryl methyl sites for hydroxylation is 4. The molecule has 1 atom stereocenters. The van der Waals surface area contributed by atoms with E-state index in [0.29, 0.717) is 103 Å². The van der Waals surface area contributed by atoms with Crippen molar-refractivity contribution < 1.29 is 30.6 Å². The van der Waals surface area contributed by atoms with Gasteiger partial charge in [0.1, 0.15) is 6.04 Å². The Hall–Kier alpha value is -5.22. The van der Waals surface area contributed by atoms with Crippen LogP contribution in [0.3, 0.4) is 0 Å². The normalized spacial score (nSPS) is 14.5. The van der Waals surface area contributed by atoms with E-state index in [0.717, 1.165) is 22.8 Å². The molecule has 26 heteroatoms. The summed E-state index contributed by atoms with van der Waals surface area (Å²) in [6.45, 7) is 5.15. The van der Waals surface area contributed by atoms with E-state index in [1.165, 1.54) is 0 Å². The lowest BCUT2D eigenvalue weighted by Gasteiger charge is -2.32. The van der Waals surface area contributed by atoms with Crippen molar-refractivity contribution in [2.24, 2.45) is 15.8 Å². The van der Waals surface area contributed by atoms with E-state index in [1.807, 2.05) is 24.8 Å². The first-order chi connectivity index (χ1) is 29.8. The van der Waals surface area contributed by atoms with Gasteiger partial charge in [-0.2, -0.15) is 5.11 Å². The molecule has 26 nitrogen and oxygen atoms in total. The molecule has 5 aromatic heterocycles. The summed E-state index contributed by atoms with van der Waals surface area (Å²) in [5.41, 5.74) is 2.56. The van der Waals surface area contributed by atoms with Crippen LogP contribution in [0.2, 0.25) is 0 Å². The second kappa shape index (κ2) is 23.1. The molecule has 334 valence electrons. The molecule has 1 unspecified atom stereocenters. The summed E-state index contributed by atoms with van der Waals surface area (Å²) < 4.78 is 8.41. The van der Waals surface area contributed by atoms with Gasteiger partial charge >= 0.3 is 0 Å². The molecule has 0 radical (unpaired) electrons. The Kier molecular flexibility index (Phi) is 17.2. The number of rotatable bonds is 30. The van der Waals surface area contributed by atoms with Crippen molar-refractivity contribution in [3.8, 4) is 0 Å². The first-order valence-corrected chi connectivity index (χ1v) is 20.5. The Bertz CT molecular complexity index is 1930. The van der Waals surface area contributed by atoms with Gasteiger partial charge in [-0.05, 0) is 25.7 Å². The van der Waals surface area contributed by atoms with E-state index < -0.39 is 5.41 Å². The predicted molar refractivity (Wildman–Crippen MR) is 211 cm³/mol. The van der Waals surface area contributed by atoms with Crippen LogP contribution in [0.5, 0.6) is 0 Å². The maximum absolute atomic E-state index is 10.7. The van der Waals surface area contributed by atoms with Crippen molar-refractivity contribution in [2.75, 3.05) is 59.3 Å². The third-order valence-corrected chi connectivity index (χ3v) is 9.96. The molecular formula is C35H58N20O6. The van der Waals surface area contributed by atoms with Gasteiger partial charge in [-0.1, -0.05) is 31.3 Å². The molecule has 0 aromatic carbocycles. The van der Waals surface area contributed by atoms with Crippen LogP contribution < -0.4 is 0 Å². The Balaban J connectivity index is 1.08. The van der Waals surface area contributed by atoms with E-state index in [-0.39, 0.29) is 58.8 Å². The van der Waals surface area contributed by atoms with Crippen LogP contribution in [0.1, 0.15) is 54.2 Å². The minimum atomic E-state index is -1.03. The van der Waals surface area contributed by atoms with Crippen LogP contribution >= 0.6 is 0 Å². The third-order valence-electron chi connectivity index (χ3n) is 9.96. The highest BCUT2D eigenvalue weighted by Crippen LogP contribution is 2.24. The zero-order valence-corrected chi connectivity index (χ0v) is 34.4. The molecule has 0 saturated heterocycles. The van der Waals surface area contributed by atoms with Gasteiger partial charge in [-0.25, -0.2) is 0 Å². The summed E-state index contributed by atoms with van der Waals surface area (Å²) in [4.78, 5) is 4.21. The molecule has 1 aliphatic heterocycles. The summed E-state index contributed by atoms with van der Waals surface area (Å²) in [6.07, 6.45) is 11.5. The largest absolute Gasteiger partial charge is 0.396 e. The van der Waals surface area contributed by atoms with Crippen LogP contribution in [0, 0.1) is 5.41 Å². The second-order valence-electron chi connectivity index (χ2n) is 15.4. The average molecular weight is 855 g/mol. The molecule has 6 N–H and O–H groups in total. The van der Waals surface area contributed by atoms with Crippen LogP contribution in [-0.4, -0.2) is 186 Å². The number of nitrogens with zero attached hydrogens (tertiary/aromatic N) is 20. The molecule has 0 aliphatic carbocycles. The van der Waals surface area contributed by atoms with Gasteiger partial charge in [0, 0.05) is 129 Å². The Morgan fingerprint density at radius 3 is 1.23 bits per heavy atom. The molecule has 1 aliphatic rings. The third kappa shape index (κ3) is 13.9. The van der Waals surface area contributed by atoms with Gasteiger partial charge in [0.05, 0.1) is 60.2 Å². The molecule has 0 bridgehead atoms. The zero-order valence-electron chi connectivity index (χ0n) is 34.4. The van der Waals surface area contributed by atoms with E-state index in [2.05, 4.69) is 71.7 Å². The van der Waals surface area contributed by atoms with Crippen LogP contribution in [0.25, 0.3) is 0 Å². The van der Waals surface area contributed by atoms with Gasteiger partial charge in [0.25, 0.3) is 0 Å². The van der Waals surface area contributed by atoms with Crippen LogP contribution in [0.4, 0.5) is 0 Å². The van der Waals surface area contributed by atoms with Crippen LogP contribution in [0.15, 0.2) is 41.3 Å². The molecule has 0 saturated carbocycles. The van der Waals surface area contributed by atoms with E-state index in [9.17, 15) is 30.6 Å². The summed E-state index contributed by atoms with van der Waals surface area (Å²) in [5.74, 6) is 0. The molecule has 6 rings (SSSR count). The van der Waals surface area contributed by atoms with Crippen molar-refractivity contribution in [1.29, 1.82) is 0 Å². The summed E-state index contributed by atoms with van der Waals surface area (Å²) >= 11 is 0. The average Bonchev–Trinajstić information content (AvgIpc) is 4.14. The Morgan fingerprint density at radius 1 is 0.492 bits per heavy atom. The molecule has 0 amide bonds. The fraction of sp³-hybridized carbons (Fsp3) is 0.714. The number of aliphatic hydroxyl groups is 6. The number of hydrogen-bond donors (Lipinski definition) is 6. The first-order valence-electron chi connectivity index (χ1n) is 20.5. The second-order valence-corrected chi connectivity index (χ2v) is 15.4. The molecular weight excluding hydrogens is 797 g/mol. The molecule has 61 heavy (non-hydrogen) atoms. The number of aromatic nitrogens is 15. The summed E-state index contributed by atoms with van der Waals surface area (Å²) in [7, 11) is 0. The van der Waals surface area contributed by atoms with E-state index in [4.69, 9.17) is 0 Å². The quantitative estimate of drug-likeness (QED) is 0.0270. The van der Waals surface area contributed by atoms with Gasteiger partial charge in [0.15, 0.2) is 0 Å². The summed E-state index contributed by atoms with van der Waals surface area (Å²) in [6, 6.07) is -0.236. The minimum Gasteiger partial charge on any atom is -0.396 e. The Labute approximate surface area is 351 Å². The standard InChI is InChI=1S/C35H58N20O6/c56-9-1-5-50-19-29(36-42-50)13-48(14-30-20-51(43-37-30)6-2-10-57)17-33-23-54(46-40-33)25-35(27-60,28-61)26-55-24-34(41-47-55)18-49(15-31-21-52(44-38-31)7-3-11-58)16-32-22-53(45-39-32)8-4-12-59/h19-23,34,56-61H,1-18,24-28H2. The lowest BCUT2D eigenvalue weighted by Crippen LogP contribution is -2.45. The van der Waals surface area contributed by atoms with Crippen molar-refractivity contribution in [2.45, 2.75) is 97.2 Å². The monoisotopic (exact) mass is 854 g/mol. The van der Waals surface area contributed by atoms with Crippen molar-refractivity contribution >= 4 is 0 Å². The lowest BCUT2D eigenvalue weighted by molar-refractivity contribution is 0.00716. The maximum Gasteiger partial charge on any atom is 0.105 e. The zero-order chi connectivity index (χ0) is 42.9. The summed E-state index contributed by atoms with van der Waals surface area (Å²) in [5, 5.41) is 112. The number of aliphatic hydroxyl groups excluding tert-OH is 6. The highest BCUT2D eigenvalue weighted by atomic mass is 16.3. The van der Waals surface area contributed by atoms with Crippen molar-refractivity contribution in [1.82, 2.24) is 89.8 Å². The van der Waals surface area contributed by atoms with Crippen molar-refractivity contribution in [3.63, 3.8) is 0 Å². The fourth-order valence-electron chi connectivity index (χ4n) is 6.98. The minimum absolute atomic E-state index is 0.0548. The molecule has 5 aromatic rings. The van der Waals surface area contributed by atoms with Crippen molar-refractivity contribution in [3.05, 3.63) is 59.5 Å². The fourth-order valence-corrected chi connectivity index (χ4v) is 6.98. The van der Waals surface area contributed by atoms with Gasteiger partial charge in [0.2, 0.25) is 0 Å². The molecule has 0 fully saturated rings. The lowest BCUT2D eigenvalue weighted by atomic mass is 9.89. The Morgan fingerprint density at radius 2 is 0.852 bits per heavy atom. The predicted octanol–water partition coefficient (Wildman–Crippen LogP) is -2.90. The maximum atomic E-state index is 10.7. The number of hydrogen-bond acceptors (Lipinski definition) is 21. The topological polar surface area (TPSA) is 309 Å². The van der Waals surface area contributed by atoms with Gasteiger partial charge in [-0.3, -0.25) is 38.2 Å².